The van der Waals surface area contributed by atoms with Crippen LogP contribution in [0.1, 0.15) is 67.3 Å². The maximum atomic E-state index is 12.8. The molecule has 6 heteroatoms. The Kier molecular flexibility index (Phi) is 5.70. The number of fused-ring (bicyclic) bond motifs is 1. The molecule has 1 aromatic rings. The van der Waals surface area contributed by atoms with Crippen LogP contribution in [0.3, 0.4) is 0 Å². The van der Waals surface area contributed by atoms with Gasteiger partial charge in [-0.25, -0.2) is 0 Å². The van der Waals surface area contributed by atoms with Gasteiger partial charge in [0.1, 0.15) is 0 Å². The number of ketones is 1. The molecule has 138 valence electrons. The zero-order valence-electron chi connectivity index (χ0n) is 15.7. The summed E-state index contributed by atoms with van der Waals surface area (Å²) < 4.78 is 2.21. The topological polar surface area (TPSA) is 94.2 Å². The van der Waals surface area contributed by atoms with Crippen molar-refractivity contribution in [3.05, 3.63) is 22.5 Å². The zero-order valence-corrected chi connectivity index (χ0v) is 15.7. The first-order valence-electron chi connectivity index (χ1n) is 8.95. The maximum absolute atomic E-state index is 12.8. The highest BCUT2D eigenvalue weighted by Crippen LogP contribution is 2.38. The number of primary amides is 1. The van der Waals surface area contributed by atoms with Crippen LogP contribution in [-0.2, 0) is 29.0 Å². The van der Waals surface area contributed by atoms with E-state index in [1.807, 2.05) is 6.92 Å². The van der Waals surface area contributed by atoms with Crippen LogP contribution in [0.2, 0.25) is 0 Å². The molecule has 0 aromatic carbocycles. The predicted octanol–water partition coefficient (Wildman–Crippen LogP) is 1.90. The number of hydrogen-bond acceptors (Lipinski definition) is 3. The first-order valence-corrected chi connectivity index (χ1v) is 8.95. The highest BCUT2D eigenvalue weighted by atomic mass is 16.2. The van der Waals surface area contributed by atoms with Crippen LogP contribution in [0.4, 0.5) is 0 Å². The molecule has 1 heterocycles. The summed E-state index contributed by atoms with van der Waals surface area (Å²) in [5.41, 5.74) is 8.69. The van der Waals surface area contributed by atoms with E-state index in [4.69, 9.17) is 5.73 Å². The van der Waals surface area contributed by atoms with Crippen molar-refractivity contribution < 1.29 is 14.4 Å². The fraction of sp³-hybridized carbons (Fsp3) is 0.632. The van der Waals surface area contributed by atoms with Gasteiger partial charge in [0.15, 0.2) is 5.78 Å². The highest BCUT2D eigenvalue weighted by Gasteiger charge is 2.36. The molecule has 1 aromatic heterocycles. The quantitative estimate of drug-likeness (QED) is 0.788. The number of amides is 2. The number of nitrogens with one attached hydrogen (secondary N) is 1. The van der Waals surface area contributed by atoms with Crippen molar-refractivity contribution in [3.63, 3.8) is 0 Å². The van der Waals surface area contributed by atoms with Gasteiger partial charge in [-0.3, -0.25) is 14.4 Å². The predicted molar refractivity (Wildman–Crippen MR) is 96.4 cm³/mol. The van der Waals surface area contributed by atoms with Gasteiger partial charge in [-0.15, -0.1) is 0 Å². The summed E-state index contributed by atoms with van der Waals surface area (Å²) in [6.45, 7) is 9.40. The van der Waals surface area contributed by atoms with Gasteiger partial charge in [-0.05, 0) is 30.7 Å². The number of aromatic nitrogens is 1. The van der Waals surface area contributed by atoms with E-state index in [2.05, 4.69) is 30.7 Å². The second-order valence-corrected chi connectivity index (χ2v) is 7.72. The minimum Gasteiger partial charge on any atom is -0.370 e. The molecule has 6 nitrogen and oxygen atoms in total. The average Bonchev–Trinajstić information content (AvgIpc) is 2.71. The van der Waals surface area contributed by atoms with E-state index in [0.717, 1.165) is 41.9 Å². The molecule has 0 saturated carbocycles. The number of Topliss-reactive ketones (excluding diaryl/α,β-unsaturated/α-hetero) is 1. The molecule has 1 aliphatic rings. The van der Waals surface area contributed by atoms with Crippen LogP contribution in [0.25, 0.3) is 0 Å². The molecule has 0 radical (unpaired) electrons. The third-order valence-corrected chi connectivity index (χ3v) is 4.80. The summed E-state index contributed by atoms with van der Waals surface area (Å²) in [4.78, 5) is 35.8. The van der Waals surface area contributed by atoms with Crippen molar-refractivity contribution in [2.75, 3.05) is 6.54 Å². The molecule has 0 atom stereocenters. The van der Waals surface area contributed by atoms with Gasteiger partial charge in [-0.1, -0.05) is 20.8 Å². The third kappa shape index (κ3) is 4.30. The van der Waals surface area contributed by atoms with Gasteiger partial charge in [0.05, 0.1) is 6.42 Å². The Morgan fingerprint density at radius 2 is 1.96 bits per heavy atom. The minimum atomic E-state index is -0.444. The van der Waals surface area contributed by atoms with Crippen molar-refractivity contribution in [1.82, 2.24) is 9.88 Å². The molecular formula is C19H29N3O3. The second-order valence-electron chi connectivity index (χ2n) is 7.72. The molecule has 0 spiro atoms. The number of carbonyl (C=O) groups excluding carboxylic acids is 3. The van der Waals surface area contributed by atoms with Crippen LogP contribution >= 0.6 is 0 Å². The lowest BCUT2D eigenvalue weighted by molar-refractivity contribution is -0.120. The van der Waals surface area contributed by atoms with Crippen molar-refractivity contribution in [1.29, 1.82) is 0 Å². The molecule has 25 heavy (non-hydrogen) atoms. The number of nitrogens with zero attached hydrogens (tertiary/aromatic N) is 1. The molecule has 0 saturated heterocycles. The van der Waals surface area contributed by atoms with Crippen molar-refractivity contribution in [2.24, 2.45) is 11.1 Å². The molecule has 3 N–H and O–H groups in total. The molecule has 0 bridgehead atoms. The molecule has 0 aliphatic heterocycles. The average molecular weight is 347 g/mol. The number of rotatable bonds is 7. The molecule has 2 rings (SSSR count). The van der Waals surface area contributed by atoms with Gasteiger partial charge < -0.3 is 15.6 Å². The Labute approximate surface area is 149 Å². The first-order chi connectivity index (χ1) is 11.7. The zero-order chi connectivity index (χ0) is 18.8. The van der Waals surface area contributed by atoms with E-state index >= 15 is 0 Å². The summed E-state index contributed by atoms with van der Waals surface area (Å²) in [7, 11) is 0. The normalized spacial score (nSPS) is 15.8. The van der Waals surface area contributed by atoms with Gasteiger partial charge in [0, 0.05) is 42.9 Å². The van der Waals surface area contributed by atoms with E-state index in [1.165, 1.54) is 0 Å². The standard InChI is InChI=1S/C19H29N3O3/c1-5-8-22-12(2)13(9-17(25)21-7-6-16(20)24)18-14(22)10-19(3,4)11-15(18)23/h5-11H2,1-4H3,(H2,20,24)(H,21,25). The van der Waals surface area contributed by atoms with Crippen LogP contribution in [0, 0.1) is 12.3 Å². The number of nitrogens with two attached hydrogens (primary N) is 1. The van der Waals surface area contributed by atoms with Gasteiger partial charge >= 0.3 is 0 Å². The van der Waals surface area contributed by atoms with Crippen molar-refractivity contribution in [2.45, 2.75) is 66.3 Å². The summed E-state index contributed by atoms with van der Waals surface area (Å²) in [5.74, 6) is -0.497. The fourth-order valence-corrected chi connectivity index (χ4v) is 3.70. The van der Waals surface area contributed by atoms with Crippen LogP contribution < -0.4 is 11.1 Å². The number of hydrogen-bond donors (Lipinski definition) is 2. The third-order valence-electron chi connectivity index (χ3n) is 4.80. The largest absolute Gasteiger partial charge is 0.370 e. The fourth-order valence-electron chi connectivity index (χ4n) is 3.70. The SMILES string of the molecule is CCCn1c(C)c(CC(=O)NCCC(N)=O)c2c1CC(C)(C)CC2=O. The lowest BCUT2D eigenvalue weighted by atomic mass is 9.75. The van der Waals surface area contributed by atoms with E-state index in [-0.39, 0.29) is 36.5 Å². The molecule has 0 fully saturated rings. The lowest BCUT2D eigenvalue weighted by Crippen LogP contribution is -2.31. The summed E-state index contributed by atoms with van der Waals surface area (Å²) in [6.07, 6.45) is 2.60. The monoisotopic (exact) mass is 347 g/mol. The molecule has 1 aliphatic carbocycles. The van der Waals surface area contributed by atoms with Crippen LogP contribution in [0.15, 0.2) is 0 Å². The summed E-state index contributed by atoms with van der Waals surface area (Å²) >= 11 is 0. The van der Waals surface area contributed by atoms with Crippen LogP contribution in [0.5, 0.6) is 0 Å². The Hall–Kier alpha value is -2.11. The molecule has 0 unspecified atom stereocenters. The summed E-state index contributed by atoms with van der Waals surface area (Å²) in [6, 6.07) is 0. The highest BCUT2D eigenvalue weighted by molar-refractivity contribution is 6.01. The molecule has 2 amide bonds. The van der Waals surface area contributed by atoms with Crippen LogP contribution in [-0.4, -0.2) is 28.7 Å². The van der Waals surface area contributed by atoms with E-state index in [1.54, 1.807) is 0 Å². The van der Waals surface area contributed by atoms with Gasteiger partial charge in [0.2, 0.25) is 11.8 Å². The Bertz CT molecular complexity index is 701. The minimum absolute atomic E-state index is 0.0542. The van der Waals surface area contributed by atoms with E-state index < -0.39 is 5.91 Å². The smallest absolute Gasteiger partial charge is 0.224 e. The summed E-state index contributed by atoms with van der Waals surface area (Å²) in [5, 5.41) is 2.71. The van der Waals surface area contributed by atoms with E-state index in [0.29, 0.717) is 6.42 Å². The van der Waals surface area contributed by atoms with Crippen molar-refractivity contribution >= 4 is 17.6 Å². The number of carbonyl (C=O) groups is 3. The Balaban J connectivity index is 2.31. The Morgan fingerprint density at radius 1 is 1.28 bits per heavy atom. The van der Waals surface area contributed by atoms with Gasteiger partial charge in [-0.2, -0.15) is 0 Å². The Morgan fingerprint density at radius 3 is 2.56 bits per heavy atom. The van der Waals surface area contributed by atoms with Gasteiger partial charge in [0.25, 0.3) is 0 Å². The van der Waals surface area contributed by atoms with E-state index in [9.17, 15) is 14.4 Å². The molecular weight excluding hydrogens is 318 g/mol. The van der Waals surface area contributed by atoms with Crippen molar-refractivity contribution in [3.8, 4) is 0 Å². The second kappa shape index (κ2) is 7.42. The first kappa shape index (κ1) is 19.2. The lowest BCUT2D eigenvalue weighted by Gasteiger charge is -2.30. The maximum Gasteiger partial charge on any atom is 0.224 e.